The average molecular weight is 334 g/mol. The van der Waals surface area contributed by atoms with Crippen LogP contribution in [0.2, 0.25) is 5.02 Å². The van der Waals surface area contributed by atoms with E-state index in [0.717, 1.165) is 18.2 Å². The van der Waals surface area contributed by atoms with E-state index in [1.807, 2.05) is 0 Å². The van der Waals surface area contributed by atoms with Crippen LogP contribution in [-0.2, 0) is 0 Å². The molecule has 2 aromatic carbocycles. The minimum atomic E-state index is -0.728. The molecule has 1 amide bonds. The van der Waals surface area contributed by atoms with Crippen LogP contribution in [-0.4, -0.2) is 15.7 Å². The van der Waals surface area contributed by atoms with Gasteiger partial charge in [0, 0.05) is 17.3 Å². The SMILES string of the molecule is O=C(Nc1cc(F)ccc1F)c1ccn(-c2cccc(Cl)c2)n1. The van der Waals surface area contributed by atoms with Gasteiger partial charge in [-0.15, -0.1) is 0 Å². The van der Waals surface area contributed by atoms with Gasteiger partial charge in [-0.3, -0.25) is 4.79 Å². The molecule has 0 fully saturated rings. The largest absolute Gasteiger partial charge is 0.318 e. The molecule has 3 aromatic rings. The van der Waals surface area contributed by atoms with Gasteiger partial charge in [0.2, 0.25) is 0 Å². The van der Waals surface area contributed by atoms with Gasteiger partial charge >= 0.3 is 0 Å². The molecule has 0 aliphatic heterocycles. The van der Waals surface area contributed by atoms with Crippen LogP contribution in [0.4, 0.5) is 14.5 Å². The van der Waals surface area contributed by atoms with Gasteiger partial charge in [-0.05, 0) is 36.4 Å². The molecular weight excluding hydrogens is 324 g/mol. The molecule has 116 valence electrons. The molecule has 4 nitrogen and oxygen atoms in total. The molecule has 1 aromatic heterocycles. The zero-order valence-electron chi connectivity index (χ0n) is 11.6. The Hall–Kier alpha value is -2.73. The summed E-state index contributed by atoms with van der Waals surface area (Å²) in [6.45, 7) is 0. The third kappa shape index (κ3) is 3.37. The van der Waals surface area contributed by atoms with Gasteiger partial charge in [0.25, 0.3) is 5.91 Å². The van der Waals surface area contributed by atoms with Crippen LogP contribution >= 0.6 is 11.6 Å². The van der Waals surface area contributed by atoms with Crippen molar-refractivity contribution in [2.45, 2.75) is 0 Å². The van der Waals surface area contributed by atoms with Crippen molar-refractivity contribution in [1.29, 1.82) is 0 Å². The molecule has 7 heteroatoms. The van der Waals surface area contributed by atoms with Crippen molar-refractivity contribution in [1.82, 2.24) is 9.78 Å². The van der Waals surface area contributed by atoms with Crippen molar-refractivity contribution < 1.29 is 13.6 Å². The average Bonchev–Trinajstić information content (AvgIpc) is 3.01. The molecule has 0 bridgehead atoms. The van der Waals surface area contributed by atoms with Gasteiger partial charge in [0.05, 0.1) is 11.4 Å². The minimum absolute atomic E-state index is 0.0636. The van der Waals surface area contributed by atoms with Gasteiger partial charge in [0.1, 0.15) is 11.6 Å². The summed E-state index contributed by atoms with van der Waals surface area (Å²) in [5, 5.41) is 6.92. The molecule has 0 spiro atoms. The third-order valence-corrected chi connectivity index (χ3v) is 3.31. The van der Waals surface area contributed by atoms with Crippen LogP contribution in [0.3, 0.4) is 0 Å². The van der Waals surface area contributed by atoms with E-state index in [4.69, 9.17) is 11.6 Å². The first-order valence-corrected chi connectivity index (χ1v) is 6.99. The Morgan fingerprint density at radius 3 is 2.74 bits per heavy atom. The fourth-order valence-corrected chi connectivity index (χ4v) is 2.17. The predicted octanol–water partition coefficient (Wildman–Crippen LogP) is 4.06. The fourth-order valence-electron chi connectivity index (χ4n) is 1.99. The van der Waals surface area contributed by atoms with Gasteiger partial charge in [-0.25, -0.2) is 13.5 Å². The van der Waals surface area contributed by atoms with Gasteiger partial charge in [0.15, 0.2) is 5.69 Å². The van der Waals surface area contributed by atoms with Crippen molar-refractivity contribution in [3.63, 3.8) is 0 Å². The normalized spacial score (nSPS) is 10.6. The molecule has 0 unspecified atom stereocenters. The van der Waals surface area contributed by atoms with Crippen LogP contribution in [0.5, 0.6) is 0 Å². The smallest absolute Gasteiger partial charge is 0.276 e. The number of nitrogens with one attached hydrogen (secondary N) is 1. The highest BCUT2D eigenvalue weighted by Gasteiger charge is 2.13. The molecule has 1 heterocycles. The molecule has 3 rings (SSSR count). The first kappa shape index (κ1) is 15.2. The molecule has 0 saturated carbocycles. The summed E-state index contributed by atoms with van der Waals surface area (Å²) >= 11 is 5.91. The van der Waals surface area contributed by atoms with Crippen LogP contribution in [0.1, 0.15) is 10.5 Å². The highest BCUT2D eigenvalue weighted by Crippen LogP contribution is 2.17. The summed E-state index contributed by atoms with van der Waals surface area (Å²) in [6.07, 6.45) is 1.57. The number of halogens is 3. The zero-order valence-corrected chi connectivity index (χ0v) is 12.4. The Morgan fingerprint density at radius 1 is 1.13 bits per heavy atom. The van der Waals surface area contributed by atoms with Crippen molar-refractivity contribution >= 4 is 23.2 Å². The zero-order chi connectivity index (χ0) is 16.4. The summed E-state index contributed by atoms with van der Waals surface area (Å²) in [7, 11) is 0. The molecule has 0 aliphatic rings. The second-order valence-electron chi connectivity index (χ2n) is 4.70. The molecule has 1 N–H and O–H groups in total. The first-order chi connectivity index (χ1) is 11.0. The summed E-state index contributed by atoms with van der Waals surface area (Å²) in [4.78, 5) is 12.1. The van der Waals surface area contributed by atoms with Crippen molar-refractivity contribution in [2.24, 2.45) is 0 Å². The summed E-state index contributed by atoms with van der Waals surface area (Å²) in [5.74, 6) is -2.02. The maximum Gasteiger partial charge on any atom is 0.276 e. The standard InChI is InChI=1S/C16H10ClF2N3O/c17-10-2-1-3-12(8-10)22-7-6-14(21-22)16(23)20-15-9-11(18)4-5-13(15)19/h1-9H,(H,20,23). The first-order valence-electron chi connectivity index (χ1n) is 6.61. The lowest BCUT2D eigenvalue weighted by Crippen LogP contribution is -2.14. The van der Waals surface area contributed by atoms with Gasteiger partial charge < -0.3 is 5.32 Å². The Morgan fingerprint density at radius 2 is 1.96 bits per heavy atom. The number of rotatable bonds is 3. The van der Waals surface area contributed by atoms with E-state index in [0.29, 0.717) is 10.7 Å². The molecule has 0 saturated heterocycles. The summed E-state index contributed by atoms with van der Waals surface area (Å²) in [5.41, 5.74) is 0.495. The third-order valence-electron chi connectivity index (χ3n) is 3.07. The number of amides is 1. The Labute approximate surface area is 135 Å². The summed E-state index contributed by atoms with van der Waals surface area (Å²) < 4.78 is 28.1. The second-order valence-corrected chi connectivity index (χ2v) is 5.14. The molecular formula is C16H10ClF2N3O. The highest BCUT2D eigenvalue weighted by molar-refractivity contribution is 6.30. The van der Waals surface area contributed by atoms with Crippen molar-refractivity contribution in [3.05, 3.63) is 77.1 Å². The van der Waals surface area contributed by atoms with Gasteiger partial charge in [-0.1, -0.05) is 17.7 Å². The number of nitrogens with zero attached hydrogens (tertiary/aromatic N) is 2. The topological polar surface area (TPSA) is 46.9 Å². The minimum Gasteiger partial charge on any atom is -0.318 e. The van der Waals surface area contributed by atoms with Crippen LogP contribution in [0.25, 0.3) is 5.69 Å². The van der Waals surface area contributed by atoms with Crippen LogP contribution in [0, 0.1) is 11.6 Å². The molecule has 0 aliphatic carbocycles. The number of anilines is 1. The van der Waals surface area contributed by atoms with Crippen molar-refractivity contribution in [3.8, 4) is 5.69 Å². The monoisotopic (exact) mass is 333 g/mol. The second kappa shape index (κ2) is 6.18. The van der Waals surface area contributed by atoms with E-state index >= 15 is 0 Å². The quantitative estimate of drug-likeness (QED) is 0.785. The summed E-state index contributed by atoms with van der Waals surface area (Å²) in [6, 6.07) is 11.2. The van der Waals surface area contributed by atoms with Gasteiger partial charge in [-0.2, -0.15) is 5.10 Å². The van der Waals surface area contributed by atoms with E-state index in [1.54, 1.807) is 30.5 Å². The van der Waals surface area contributed by atoms with Crippen LogP contribution in [0.15, 0.2) is 54.7 Å². The maximum absolute atomic E-state index is 13.5. The predicted molar refractivity (Wildman–Crippen MR) is 82.9 cm³/mol. The molecule has 0 atom stereocenters. The Kier molecular flexibility index (Phi) is 4.08. The van der Waals surface area contributed by atoms with Crippen LogP contribution < -0.4 is 5.32 Å². The fraction of sp³-hybridized carbons (Fsp3) is 0. The van der Waals surface area contributed by atoms with E-state index in [-0.39, 0.29) is 11.4 Å². The molecule has 23 heavy (non-hydrogen) atoms. The molecule has 0 radical (unpaired) electrons. The highest BCUT2D eigenvalue weighted by atomic mass is 35.5. The lowest BCUT2D eigenvalue weighted by molar-refractivity contribution is 0.102. The number of carbonyl (C=O) groups is 1. The lowest BCUT2D eigenvalue weighted by atomic mass is 10.3. The van der Waals surface area contributed by atoms with E-state index in [1.165, 1.54) is 10.7 Å². The van der Waals surface area contributed by atoms with E-state index < -0.39 is 17.5 Å². The van der Waals surface area contributed by atoms with E-state index in [9.17, 15) is 13.6 Å². The number of hydrogen-bond acceptors (Lipinski definition) is 2. The van der Waals surface area contributed by atoms with E-state index in [2.05, 4.69) is 10.4 Å². The maximum atomic E-state index is 13.5. The number of aromatic nitrogens is 2. The number of benzene rings is 2. The lowest BCUT2D eigenvalue weighted by Gasteiger charge is -2.05. The Balaban J connectivity index is 1.82. The Bertz CT molecular complexity index is 879. The number of hydrogen-bond donors (Lipinski definition) is 1. The van der Waals surface area contributed by atoms with Crippen molar-refractivity contribution in [2.75, 3.05) is 5.32 Å². The number of carbonyl (C=O) groups excluding carboxylic acids is 1.